The minimum absolute atomic E-state index is 0.191. The van der Waals surface area contributed by atoms with E-state index in [4.69, 9.17) is 9.47 Å². The molecule has 3 aromatic rings. The number of amides is 2. The number of nitrogens with one attached hydrogen (secondary N) is 2. The predicted octanol–water partition coefficient (Wildman–Crippen LogP) is 2.93. The van der Waals surface area contributed by atoms with E-state index in [0.29, 0.717) is 34.7 Å². The van der Waals surface area contributed by atoms with Gasteiger partial charge in [-0.1, -0.05) is 30.3 Å². The Morgan fingerprint density at radius 2 is 1.89 bits per heavy atom. The highest BCUT2D eigenvalue weighted by molar-refractivity contribution is 7.98. The maximum atomic E-state index is 13.4. The monoisotopic (exact) mass is 498 g/mol. The van der Waals surface area contributed by atoms with Crippen molar-refractivity contribution in [1.29, 1.82) is 0 Å². The molecule has 0 aliphatic heterocycles. The molecule has 0 aliphatic rings. The normalized spacial score (nSPS) is 11.8. The average Bonchev–Trinajstić information content (AvgIpc) is 3.16. The summed E-state index contributed by atoms with van der Waals surface area (Å²) in [4.78, 5) is 42.9. The molecular weight excluding hydrogens is 468 g/mol. The van der Waals surface area contributed by atoms with Crippen LogP contribution >= 0.6 is 11.8 Å². The SMILES string of the molecule is COCc1nc2cc(NC(=O)Cc3ccccc3)cc(C(=O)N[C@H](CCSC)C(=O)OC)c2n1C. The fourth-order valence-electron chi connectivity index (χ4n) is 3.75. The summed E-state index contributed by atoms with van der Waals surface area (Å²) in [6, 6.07) is 11.9. The Morgan fingerprint density at radius 1 is 1.14 bits per heavy atom. The van der Waals surface area contributed by atoms with Crippen LogP contribution in [0.5, 0.6) is 0 Å². The molecule has 2 amide bonds. The van der Waals surface area contributed by atoms with E-state index in [1.807, 2.05) is 36.6 Å². The number of esters is 1. The molecule has 0 unspecified atom stereocenters. The summed E-state index contributed by atoms with van der Waals surface area (Å²) in [5.41, 5.74) is 2.70. The van der Waals surface area contributed by atoms with Gasteiger partial charge in [-0.3, -0.25) is 9.59 Å². The van der Waals surface area contributed by atoms with Crippen LogP contribution in [0, 0.1) is 0 Å². The summed E-state index contributed by atoms with van der Waals surface area (Å²) < 4.78 is 11.9. The second kappa shape index (κ2) is 12.4. The molecule has 2 N–H and O–H groups in total. The molecule has 0 saturated heterocycles. The molecule has 10 heteroatoms. The van der Waals surface area contributed by atoms with Gasteiger partial charge in [0.05, 0.1) is 30.1 Å². The summed E-state index contributed by atoms with van der Waals surface area (Å²) in [5, 5.41) is 5.65. The number of aromatic nitrogens is 2. The van der Waals surface area contributed by atoms with E-state index < -0.39 is 17.9 Å². The van der Waals surface area contributed by atoms with Gasteiger partial charge in [0.2, 0.25) is 5.91 Å². The van der Waals surface area contributed by atoms with Crippen molar-refractivity contribution in [2.75, 3.05) is 31.5 Å². The van der Waals surface area contributed by atoms with Crippen molar-refractivity contribution in [1.82, 2.24) is 14.9 Å². The average molecular weight is 499 g/mol. The quantitative estimate of drug-likeness (QED) is 0.391. The number of thioether (sulfide) groups is 1. The zero-order valence-corrected chi connectivity index (χ0v) is 21.1. The number of hydrogen-bond donors (Lipinski definition) is 2. The molecule has 2 aromatic carbocycles. The second-order valence-electron chi connectivity index (χ2n) is 7.95. The molecule has 3 rings (SSSR count). The minimum atomic E-state index is -0.794. The lowest BCUT2D eigenvalue weighted by molar-refractivity contribution is -0.142. The number of aryl methyl sites for hydroxylation is 1. The molecule has 35 heavy (non-hydrogen) atoms. The number of ether oxygens (including phenoxy) is 2. The van der Waals surface area contributed by atoms with Crippen LogP contribution in [0.2, 0.25) is 0 Å². The third-order valence-corrected chi connectivity index (χ3v) is 6.12. The van der Waals surface area contributed by atoms with Crippen LogP contribution in [0.3, 0.4) is 0 Å². The van der Waals surface area contributed by atoms with E-state index in [-0.39, 0.29) is 24.5 Å². The lowest BCUT2D eigenvalue weighted by atomic mass is 10.1. The van der Waals surface area contributed by atoms with Crippen molar-refractivity contribution in [2.45, 2.75) is 25.5 Å². The predicted molar refractivity (Wildman–Crippen MR) is 136 cm³/mol. The maximum Gasteiger partial charge on any atom is 0.328 e. The number of methoxy groups -OCH3 is 2. The highest BCUT2D eigenvalue weighted by Gasteiger charge is 2.25. The van der Waals surface area contributed by atoms with Crippen LogP contribution in [-0.4, -0.2) is 59.6 Å². The molecule has 0 saturated carbocycles. The highest BCUT2D eigenvalue weighted by atomic mass is 32.2. The molecule has 0 radical (unpaired) electrons. The number of rotatable bonds is 11. The first-order chi connectivity index (χ1) is 16.9. The zero-order valence-electron chi connectivity index (χ0n) is 20.3. The van der Waals surface area contributed by atoms with Crippen molar-refractivity contribution in [3.8, 4) is 0 Å². The standard InChI is InChI=1S/C25H30N4O5S/c1-29-21(15-33-2)27-20-14-17(26-22(30)12-16-8-6-5-7-9-16)13-18(23(20)29)24(31)28-19(10-11-35-4)25(32)34-3/h5-9,13-14,19H,10-12,15H2,1-4H3,(H,26,30)(H,28,31)/t19-/m1/s1. The van der Waals surface area contributed by atoms with Gasteiger partial charge < -0.3 is 24.7 Å². The summed E-state index contributed by atoms with van der Waals surface area (Å²) in [6.45, 7) is 0.250. The van der Waals surface area contributed by atoms with Crippen molar-refractivity contribution in [3.63, 3.8) is 0 Å². The van der Waals surface area contributed by atoms with Gasteiger partial charge in [-0.05, 0) is 36.1 Å². The summed E-state index contributed by atoms with van der Waals surface area (Å²) in [5.74, 6) is 0.103. The molecule has 0 spiro atoms. The van der Waals surface area contributed by atoms with Gasteiger partial charge in [0, 0.05) is 19.8 Å². The smallest absolute Gasteiger partial charge is 0.328 e. The fourth-order valence-corrected chi connectivity index (χ4v) is 4.22. The topological polar surface area (TPSA) is 112 Å². The van der Waals surface area contributed by atoms with E-state index in [1.54, 1.807) is 42.6 Å². The number of carbonyl (C=O) groups is 3. The van der Waals surface area contributed by atoms with E-state index in [2.05, 4.69) is 15.6 Å². The van der Waals surface area contributed by atoms with E-state index in [0.717, 1.165) is 5.56 Å². The summed E-state index contributed by atoms with van der Waals surface area (Å²) in [7, 11) is 4.65. The molecule has 186 valence electrons. The van der Waals surface area contributed by atoms with Crippen LogP contribution < -0.4 is 10.6 Å². The van der Waals surface area contributed by atoms with Gasteiger partial charge in [0.25, 0.3) is 5.91 Å². The first-order valence-electron chi connectivity index (χ1n) is 11.1. The Labute approximate surface area is 208 Å². The lowest BCUT2D eigenvalue weighted by Crippen LogP contribution is -2.42. The molecule has 0 fully saturated rings. The van der Waals surface area contributed by atoms with Gasteiger partial charge in [-0.25, -0.2) is 9.78 Å². The Morgan fingerprint density at radius 3 is 2.54 bits per heavy atom. The molecule has 0 aliphatic carbocycles. The first-order valence-corrected chi connectivity index (χ1v) is 12.5. The molecule has 0 bridgehead atoms. The Hall–Kier alpha value is -3.37. The maximum absolute atomic E-state index is 13.4. The second-order valence-corrected chi connectivity index (χ2v) is 8.94. The largest absolute Gasteiger partial charge is 0.467 e. The molecule has 1 atom stereocenters. The third-order valence-electron chi connectivity index (χ3n) is 5.47. The van der Waals surface area contributed by atoms with Gasteiger partial charge in [0.1, 0.15) is 18.5 Å². The van der Waals surface area contributed by atoms with E-state index in [9.17, 15) is 14.4 Å². The molecular formula is C25H30N4O5S. The molecule has 1 aromatic heterocycles. The number of fused-ring (bicyclic) bond motifs is 1. The molecule has 1 heterocycles. The number of carbonyl (C=O) groups excluding carboxylic acids is 3. The fraction of sp³-hybridized carbons (Fsp3) is 0.360. The third kappa shape index (κ3) is 6.61. The van der Waals surface area contributed by atoms with Crippen molar-refractivity contribution < 1.29 is 23.9 Å². The van der Waals surface area contributed by atoms with Gasteiger partial charge in [-0.2, -0.15) is 11.8 Å². The van der Waals surface area contributed by atoms with Crippen LogP contribution in [0.15, 0.2) is 42.5 Å². The summed E-state index contributed by atoms with van der Waals surface area (Å²) >= 11 is 1.57. The van der Waals surface area contributed by atoms with E-state index in [1.165, 1.54) is 7.11 Å². The zero-order chi connectivity index (χ0) is 25.4. The van der Waals surface area contributed by atoms with E-state index >= 15 is 0 Å². The van der Waals surface area contributed by atoms with Crippen molar-refractivity contribution in [2.24, 2.45) is 7.05 Å². The minimum Gasteiger partial charge on any atom is -0.467 e. The first kappa shape index (κ1) is 26.2. The Bertz CT molecular complexity index is 1200. The molecule has 9 nitrogen and oxygen atoms in total. The lowest BCUT2D eigenvalue weighted by Gasteiger charge is -2.17. The number of nitrogens with zero attached hydrogens (tertiary/aromatic N) is 2. The Kier molecular flexibility index (Phi) is 9.27. The summed E-state index contributed by atoms with van der Waals surface area (Å²) in [6.07, 6.45) is 2.54. The highest BCUT2D eigenvalue weighted by Crippen LogP contribution is 2.26. The van der Waals surface area contributed by atoms with Gasteiger partial charge in [-0.15, -0.1) is 0 Å². The Balaban J connectivity index is 1.96. The van der Waals surface area contributed by atoms with Crippen molar-refractivity contribution >= 4 is 46.3 Å². The number of hydrogen-bond acceptors (Lipinski definition) is 7. The number of imidazole rings is 1. The van der Waals surface area contributed by atoms with Crippen LogP contribution in [-0.2, 0) is 39.1 Å². The van der Waals surface area contributed by atoms with Gasteiger partial charge >= 0.3 is 5.97 Å². The number of anilines is 1. The number of benzene rings is 2. The van der Waals surface area contributed by atoms with Crippen molar-refractivity contribution in [3.05, 3.63) is 59.4 Å². The van der Waals surface area contributed by atoms with Crippen LogP contribution in [0.25, 0.3) is 11.0 Å². The van der Waals surface area contributed by atoms with Crippen LogP contribution in [0.1, 0.15) is 28.2 Å². The van der Waals surface area contributed by atoms with Gasteiger partial charge in [0.15, 0.2) is 0 Å². The van der Waals surface area contributed by atoms with Crippen LogP contribution in [0.4, 0.5) is 5.69 Å².